The normalized spacial score (nSPS) is 16.1. The van der Waals surface area contributed by atoms with Crippen LogP contribution in [0.3, 0.4) is 0 Å². The SMILES string of the molecule is CNCC(C)C(=O)Nc1cccc(OC2CCCC2)c1.Cl. The van der Waals surface area contributed by atoms with Gasteiger partial charge in [-0.05, 0) is 44.9 Å². The summed E-state index contributed by atoms with van der Waals surface area (Å²) >= 11 is 0. The molecule has 21 heavy (non-hydrogen) atoms. The molecule has 5 heteroatoms. The van der Waals surface area contributed by atoms with Crippen molar-refractivity contribution in [1.29, 1.82) is 0 Å². The van der Waals surface area contributed by atoms with E-state index in [9.17, 15) is 4.79 Å². The molecular formula is C16H25ClN2O2. The first kappa shape index (κ1) is 17.8. The zero-order valence-electron chi connectivity index (χ0n) is 12.7. The second-order valence-electron chi connectivity index (χ2n) is 5.50. The molecule has 1 aromatic rings. The Morgan fingerprint density at radius 3 is 2.76 bits per heavy atom. The summed E-state index contributed by atoms with van der Waals surface area (Å²) < 4.78 is 5.94. The Morgan fingerprint density at radius 2 is 2.10 bits per heavy atom. The monoisotopic (exact) mass is 312 g/mol. The molecule has 0 aromatic heterocycles. The van der Waals surface area contributed by atoms with Crippen molar-refractivity contribution >= 4 is 24.0 Å². The Morgan fingerprint density at radius 1 is 1.38 bits per heavy atom. The van der Waals surface area contributed by atoms with Crippen LogP contribution >= 0.6 is 12.4 Å². The summed E-state index contributed by atoms with van der Waals surface area (Å²) in [4.78, 5) is 12.0. The zero-order valence-corrected chi connectivity index (χ0v) is 13.5. The van der Waals surface area contributed by atoms with E-state index in [4.69, 9.17) is 4.74 Å². The predicted molar refractivity (Wildman–Crippen MR) is 88.3 cm³/mol. The quantitative estimate of drug-likeness (QED) is 0.848. The molecule has 1 aliphatic rings. The van der Waals surface area contributed by atoms with Gasteiger partial charge in [0.1, 0.15) is 5.75 Å². The average Bonchev–Trinajstić information content (AvgIpc) is 2.92. The third-order valence-corrected chi connectivity index (χ3v) is 3.66. The van der Waals surface area contributed by atoms with Gasteiger partial charge in [-0.15, -0.1) is 12.4 Å². The fraction of sp³-hybridized carbons (Fsp3) is 0.562. The maximum absolute atomic E-state index is 12.0. The first-order chi connectivity index (χ1) is 9.69. The van der Waals surface area contributed by atoms with Gasteiger partial charge in [-0.1, -0.05) is 13.0 Å². The number of amides is 1. The topological polar surface area (TPSA) is 50.4 Å². The maximum atomic E-state index is 12.0. The Labute approximate surface area is 133 Å². The minimum absolute atomic E-state index is 0. The van der Waals surface area contributed by atoms with E-state index in [2.05, 4.69) is 10.6 Å². The van der Waals surface area contributed by atoms with Crippen molar-refractivity contribution < 1.29 is 9.53 Å². The van der Waals surface area contributed by atoms with Crippen molar-refractivity contribution in [3.8, 4) is 5.75 Å². The molecule has 1 fully saturated rings. The lowest BCUT2D eigenvalue weighted by Gasteiger charge is -2.15. The van der Waals surface area contributed by atoms with Gasteiger partial charge in [-0.3, -0.25) is 4.79 Å². The number of nitrogens with one attached hydrogen (secondary N) is 2. The number of carbonyl (C=O) groups excluding carboxylic acids is 1. The third-order valence-electron chi connectivity index (χ3n) is 3.66. The number of hydrogen-bond acceptors (Lipinski definition) is 3. The van der Waals surface area contributed by atoms with E-state index in [-0.39, 0.29) is 24.2 Å². The summed E-state index contributed by atoms with van der Waals surface area (Å²) in [5.74, 6) is 0.813. The zero-order chi connectivity index (χ0) is 14.4. The second kappa shape index (κ2) is 8.90. The smallest absolute Gasteiger partial charge is 0.228 e. The molecule has 0 bridgehead atoms. The van der Waals surface area contributed by atoms with Crippen LogP contribution in [0.5, 0.6) is 5.75 Å². The molecule has 0 aliphatic heterocycles. The standard InChI is InChI=1S/C16H24N2O2.ClH/c1-12(11-17-2)16(19)18-13-6-5-9-15(10-13)20-14-7-3-4-8-14;/h5-6,9-10,12,14,17H,3-4,7-8,11H2,1-2H3,(H,18,19);1H. The van der Waals surface area contributed by atoms with E-state index >= 15 is 0 Å². The molecule has 2 rings (SSSR count). The van der Waals surface area contributed by atoms with Crippen molar-refractivity contribution in [1.82, 2.24) is 5.32 Å². The van der Waals surface area contributed by atoms with Gasteiger partial charge in [0, 0.05) is 24.2 Å². The highest BCUT2D eigenvalue weighted by atomic mass is 35.5. The lowest BCUT2D eigenvalue weighted by Crippen LogP contribution is -2.28. The van der Waals surface area contributed by atoms with Crippen LogP contribution in [0.4, 0.5) is 5.69 Å². The number of hydrogen-bond donors (Lipinski definition) is 2. The van der Waals surface area contributed by atoms with Crippen molar-refractivity contribution in [2.24, 2.45) is 5.92 Å². The highest BCUT2D eigenvalue weighted by molar-refractivity contribution is 5.92. The molecule has 4 nitrogen and oxygen atoms in total. The molecule has 0 heterocycles. The highest BCUT2D eigenvalue weighted by Crippen LogP contribution is 2.25. The van der Waals surface area contributed by atoms with E-state index in [1.807, 2.05) is 38.2 Å². The van der Waals surface area contributed by atoms with E-state index in [1.54, 1.807) is 0 Å². The molecule has 1 atom stereocenters. The molecular weight excluding hydrogens is 288 g/mol. The Bertz CT molecular complexity index is 448. The van der Waals surface area contributed by atoms with Crippen LogP contribution in [0.2, 0.25) is 0 Å². The molecule has 1 saturated carbocycles. The number of benzene rings is 1. The Kier molecular flexibility index (Phi) is 7.54. The first-order valence-corrected chi connectivity index (χ1v) is 7.41. The maximum Gasteiger partial charge on any atom is 0.228 e. The van der Waals surface area contributed by atoms with E-state index in [1.165, 1.54) is 12.8 Å². The lowest BCUT2D eigenvalue weighted by molar-refractivity contribution is -0.119. The van der Waals surface area contributed by atoms with Crippen LogP contribution in [0.25, 0.3) is 0 Å². The fourth-order valence-corrected chi connectivity index (χ4v) is 2.51. The van der Waals surface area contributed by atoms with Crippen molar-refractivity contribution in [2.45, 2.75) is 38.7 Å². The third kappa shape index (κ3) is 5.56. The van der Waals surface area contributed by atoms with E-state index in [0.717, 1.165) is 24.3 Å². The summed E-state index contributed by atoms with van der Waals surface area (Å²) in [5.41, 5.74) is 0.799. The van der Waals surface area contributed by atoms with Gasteiger partial charge >= 0.3 is 0 Å². The Hall–Kier alpha value is -1.26. The van der Waals surface area contributed by atoms with Gasteiger partial charge in [0.2, 0.25) is 5.91 Å². The molecule has 1 aliphatic carbocycles. The van der Waals surface area contributed by atoms with Gasteiger partial charge in [-0.25, -0.2) is 0 Å². The van der Waals surface area contributed by atoms with E-state index < -0.39 is 0 Å². The summed E-state index contributed by atoms with van der Waals surface area (Å²) in [6.07, 6.45) is 5.11. The number of halogens is 1. The molecule has 0 spiro atoms. The minimum atomic E-state index is -0.0561. The number of rotatable bonds is 6. The van der Waals surface area contributed by atoms with Gasteiger partial charge in [-0.2, -0.15) is 0 Å². The number of carbonyl (C=O) groups is 1. The van der Waals surface area contributed by atoms with Gasteiger partial charge in [0.25, 0.3) is 0 Å². The van der Waals surface area contributed by atoms with Crippen molar-refractivity contribution in [2.75, 3.05) is 18.9 Å². The van der Waals surface area contributed by atoms with Crippen molar-refractivity contribution in [3.05, 3.63) is 24.3 Å². The summed E-state index contributed by atoms with van der Waals surface area (Å²) in [6.45, 7) is 2.58. The van der Waals surface area contributed by atoms with Crippen LogP contribution in [0, 0.1) is 5.92 Å². The highest BCUT2D eigenvalue weighted by Gasteiger charge is 2.17. The molecule has 1 amide bonds. The van der Waals surface area contributed by atoms with Crippen molar-refractivity contribution in [3.63, 3.8) is 0 Å². The predicted octanol–water partition coefficient (Wildman–Crippen LogP) is 3.22. The molecule has 118 valence electrons. The van der Waals surface area contributed by atoms with Crippen LogP contribution in [-0.2, 0) is 4.79 Å². The number of anilines is 1. The number of ether oxygens (including phenoxy) is 1. The average molecular weight is 313 g/mol. The summed E-state index contributed by atoms with van der Waals surface area (Å²) in [7, 11) is 1.85. The van der Waals surface area contributed by atoms with E-state index in [0.29, 0.717) is 12.6 Å². The summed E-state index contributed by atoms with van der Waals surface area (Å²) in [5, 5.41) is 5.94. The molecule has 1 unspecified atom stereocenters. The van der Waals surface area contributed by atoms with Crippen LogP contribution < -0.4 is 15.4 Å². The minimum Gasteiger partial charge on any atom is -0.490 e. The van der Waals surface area contributed by atoms with Crippen LogP contribution in [0.1, 0.15) is 32.6 Å². The van der Waals surface area contributed by atoms with Gasteiger partial charge < -0.3 is 15.4 Å². The molecule has 2 N–H and O–H groups in total. The lowest BCUT2D eigenvalue weighted by atomic mass is 10.1. The summed E-state index contributed by atoms with van der Waals surface area (Å²) in [6, 6.07) is 7.67. The molecule has 1 aromatic carbocycles. The second-order valence-corrected chi connectivity index (χ2v) is 5.50. The molecule has 0 saturated heterocycles. The van der Waals surface area contributed by atoms with Gasteiger partial charge in [0.05, 0.1) is 6.10 Å². The molecule has 0 radical (unpaired) electrons. The van der Waals surface area contributed by atoms with Gasteiger partial charge in [0.15, 0.2) is 0 Å². The van der Waals surface area contributed by atoms with Crippen LogP contribution in [-0.4, -0.2) is 25.6 Å². The Balaban J connectivity index is 0.00000220. The first-order valence-electron chi connectivity index (χ1n) is 7.41. The van der Waals surface area contributed by atoms with Crippen LogP contribution in [0.15, 0.2) is 24.3 Å². The fourth-order valence-electron chi connectivity index (χ4n) is 2.51. The largest absolute Gasteiger partial charge is 0.490 e.